The van der Waals surface area contributed by atoms with Crippen LogP contribution in [0.25, 0.3) is 0 Å². The summed E-state index contributed by atoms with van der Waals surface area (Å²) < 4.78 is 0. The summed E-state index contributed by atoms with van der Waals surface area (Å²) in [6.45, 7) is 5.16. The van der Waals surface area contributed by atoms with Crippen LogP contribution in [-0.4, -0.2) is 59.5 Å². The summed E-state index contributed by atoms with van der Waals surface area (Å²) in [5.74, 6) is -0.696. The number of likely N-dealkylation sites (N-methyl/N-ethyl adjacent to an activating group) is 1. The normalized spacial score (nSPS) is 15.2. The molecule has 1 N–H and O–H groups in total. The van der Waals surface area contributed by atoms with Gasteiger partial charge in [-0.15, -0.1) is 0 Å². The van der Waals surface area contributed by atoms with Crippen LogP contribution in [0.4, 0.5) is 0 Å². The van der Waals surface area contributed by atoms with Crippen molar-refractivity contribution in [2.24, 2.45) is 0 Å². The lowest BCUT2D eigenvalue weighted by Gasteiger charge is -2.32. The van der Waals surface area contributed by atoms with Gasteiger partial charge >= 0.3 is 5.97 Å². The van der Waals surface area contributed by atoms with Gasteiger partial charge in [-0.2, -0.15) is 0 Å². The molecule has 0 unspecified atom stereocenters. The molecule has 1 aliphatic rings. The van der Waals surface area contributed by atoms with Gasteiger partial charge in [0, 0.05) is 19.6 Å². The molecule has 1 amide bonds. The van der Waals surface area contributed by atoms with Crippen molar-refractivity contribution in [2.75, 3.05) is 32.7 Å². The zero-order chi connectivity index (χ0) is 11.3. The van der Waals surface area contributed by atoms with Crippen molar-refractivity contribution in [1.82, 2.24) is 9.80 Å². The van der Waals surface area contributed by atoms with Gasteiger partial charge in [0.2, 0.25) is 5.91 Å². The number of likely N-dealkylation sites (tertiary alicyclic amines) is 1. The van der Waals surface area contributed by atoms with Gasteiger partial charge in [-0.3, -0.25) is 14.5 Å². The van der Waals surface area contributed by atoms with Crippen molar-refractivity contribution in [3.8, 4) is 0 Å². The van der Waals surface area contributed by atoms with Crippen LogP contribution in [0.15, 0.2) is 0 Å². The Hall–Kier alpha value is -1.10. The third kappa shape index (κ3) is 3.87. The van der Waals surface area contributed by atoms with Gasteiger partial charge in [-0.25, -0.2) is 0 Å². The molecule has 86 valence electrons. The maximum atomic E-state index is 11.6. The van der Waals surface area contributed by atoms with Crippen LogP contribution in [0.2, 0.25) is 0 Å². The second-order valence-electron chi connectivity index (χ2n) is 3.75. The van der Waals surface area contributed by atoms with Crippen LogP contribution in [0.1, 0.15) is 19.8 Å². The Kier molecular flexibility index (Phi) is 4.55. The lowest BCUT2D eigenvalue weighted by molar-refractivity contribution is -0.139. The topological polar surface area (TPSA) is 60.9 Å². The van der Waals surface area contributed by atoms with E-state index in [4.69, 9.17) is 5.11 Å². The van der Waals surface area contributed by atoms with E-state index in [1.165, 1.54) is 0 Å². The molecule has 0 radical (unpaired) electrons. The number of hydrogen-bond donors (Lipinski definition) is 1. The lowest BCUT2D eigenvalue weighted by atomic mass is 10.2. The number of carboxylic acid groups (broad SMARTS) is 1. The highest BCUT2D eigenvalue weighted by Crippen LogP contribution is 2.06. The molecule has 0 aromatic heterocycles. The molecule has 1 heterocycles. The minimum Gasteiger partial charge on any atom is -0.481 e. The van der Waals surface area contributed by atoms with Gasteiger partial charge in [0.1, 0.15) is 0 Å². The fraction of sp³-hybridized carbons (Fsp3) is 0.800. The molecule has 1 fully saturated rings. The Morgan fingerprint density at radius 2 is 2.07 bits per heavy atom. The average molecular weight is 214 g/mol. The number of amides is 1. The molecule has 0 bridgehead atoms. The van der Waals surface area contributed by atoms with Gasteiger partial charge in [0.05, 0.1) is 13.0 Å². The highest BCUT2D eigenvalue weighted by Gasteiger charge is 2.21. The number of carbonyl (C=O) groups is 2. The van der Waals surface area contributed by atoms with E-state index in [1.54, 1.807) is 0 Å². The van der Waals surface area contributed by atoms with Crippen molar-refractivity contribution >= 4 is 11.9 Å². The quantitative estimate of drug-likeness (QED) is 0.677. The Morgan fingerprint density at radius 3 is 2.47 bits per heavy atom. The fourth-order valence-electron chi connectivity index (χ4n) is 1.46. The zero-order valence-electron chi connectivity index (χ0n) is 9.11. The van der Waals surface area contributed by atoms with Crippen molar-refractivity contribution in [2.45, 2.75) is 19.8 Å². The Labute approximate surface area is 89.7 Å². The minimum atomic E-state index is -0.815. The summed E-state index contributed by atoms with van der Waals surface area (Å²) in [6.07, 6.45) is 1.19. The maximum absolute atomic E-state index is 11.6. The van der Waals surface area contributed by atoms with E-state index in [2.05, 4.69) is 0 Å². The molecule has 1 saturated heterocycles. The van der Waals surface area contributed by atoms with Crippen LogP contribution in [0.3, 0.4) is 0 Å². The summed E-state index contributed by atoms with van der Waals surface area (Å²) >= 11 is 0. The van der Waals surface area contributed by atoms with Gasteiger partial charge in [0.25, 0.3) is 0 Å². The molecule has 5 heteroatoms. The van der Waals surface area contributed by atoms with Crippen LogP contribution in [0.5, 0.6) is 0 Å². The van der Waals surface area contributed by atoms with Crippen LogP contribution >= 0.6 is 0 Å². The minimum absolute atomic E-state index is 0.0983. The first-order valence-electron chi connectivity index (χ1n) is 5.35. The predicted octanol–water partition coefficient (Wildman–Crippen LogP) is 0.0153. The summed E-state index contributed by atoms with van der Waals surface area (Å²) in [6, 6.07) is 0. The number of aliphatic carboxylic acids is 1. The largest absolute Gasteiger partial charge is 0.481 e. The molecular formula is C10H18N2O3. The molecule has 0 aliphatic carbocycles. The number of nitrogens with zero attached hydrogens (tertiary/aromatic N) is 2. The lowest BCUT2D eigenvalue weighted by Crippen LogP contribution is -2.47. The Balaban J connectivity index is 2.25. The SMILES string of the molecule is CCN(CCC(=O)O)CC(=O)N1CCC1. The standard InChI is InChI=1S/C10H18N2O3/c1-2-11(7-4-10(14)15)8-9(13)12-5-3-6-12/h2-8H2,1H3,(H,14,15). The summed E-state index contributed by atoms with van der Waals surface area (Å²) in [7, 11) is 0. The van der Waals surface area contributed by atoms with Gasteiger partial charge in [-0.1, -0.05) is 6.92 Å². The maximum Gasteiger partial charge on any atom is 0.304 e. The Bertz CT molecular complexity index is 239. The molecule has 15 heavy (non-hydrogen) atoms. The molecule has 0 spiro atoms. The molecule has 0 saturated carbocycles. The van der Waals surface area contributed by atoms with E-state index in [0.29, 0.717) is 19.6 Å². The molecule has 0 atom stereocenters. The first-order chi connectivity index (χ1) is 7.13. The monoisotopic (exact) mass is 214 g/mol. The average Bonchev–Trinajstić information content (AvgIpc) is 2.08. The number of rotatable bonds is 6. The van der Waals surface area contributed by atoms with E-state index < -0.39 is 5.97 Å². The van der Waals surface area contributed by atoms with Crippen LogP contribution in [-0.2, 0) is 9.59 Å². The zero-order valence-corrected chi connectivity index (χ0v) is 9.11. The van der Waals surface area contributed by atoms with E-state index in [0.717, 1.165) is 19.5 Å². The molecule has 5 nitrogen and oxygen atoms in total. The third-order valence-corrected chi connectivity index (χ3v) is 2.66. The summed E-state index contributed by atoms with van der Waals surface area (Å²) in [5, 5.41) is 8.54. The van der Waals surface area contributed by atoms with Gasteiger partial charge in [-0.05, 0) is 13.0 Å². The highest BCUT2D eigenvalue weighted by atomic mass is 16.4. The van der Waals surface area contributed by atoms with Gasteiger partial charge < -0.3 is 10.0 Å². The summed E-state index contributed by atoms with van der Waals surface area (Å²) in [4.78, 5) is 25.6. The second kappa shape index (κ2) is 5.70. The summed E-state index contributed by atoms with van der Waals surface area (Å²) in [5.41, 5.74) is 0. The van der Waals surface area contributed by atoms with Crippen molar-refractivity contribution in [3.05, 3.63) is 0 Å². The van der Waals surface area contributed by atoms with Crippen LogP contribution in [0, 0.1) is 0 Å². The van der Waals surface area contributed by atoms with Crippen molar-refractivity contribution in [1.29, 1.82) is 0 Å². The van der Waals surface area contributed by atoms with Gasteiger partial charge in [0.15, 0.2) is 0 Å². The van der Waals surface area contributed by atoms with Crippen molar-refractivity contribution in [3.63, 3.8) is 0 Å². The second-order valence-corrected chi connectivity index (χ2v) is 3.75. The molecule has 1 aliphatic heterocycles. The first kappa shape index (κ1) is 12.0. The fourth-order valence-corrected chi connectivity index (χ4v) is 1.46. The number of carbonyl (C=O) groups excluding carboxylic acids is 1. The van der Waals surface area contributed by atoms with E-state index in [-0.39, 0.29) is 12.3 Å². The third-order valence-electron chi connectivity index (χ3n) is 2.66. The molecular weight excluding hydrogens is 196 g/mol. The predicted molar refractivity (Wildman–Crippen MR) is 55.6 cm³/mol. The smallest absolute Gasteiger partial charge is 0.304 e. The Morgan fingerprint density at radius 1 is 1.40 bits per heavy atom. The van der Waals surface area contributed by atoms with E-state index in [1.807, 2.05) is 16.7 Å². The number of carboxylic acids is 1. The van der Waals surface area contributed by atoms with E-state index >= 15 is 0 Å². The molecule has 0 aromatic carbocycles. The van der Waals surface area contributed by atoms with E-state index in [9.17, 15) is 9.59 Å². The molecule has 1 rings (SSSR count). The number of hydrogen-bond acceptors (Lipinski definition) is 3. The van der Waals surface area contributed by atoms with Crippen LogP contribution < -0.4 is 0 Å². The highest BCUT2D eigenvalue weighted by molar-refractivity contribution is 5.79. The van der Waals surface area contributed by atoms with Crippen molar-refractivity contribution < 1.29 is 14.7 Å². The molecule has 0 aromatic rings. The first-order valence-corrected chi connectivity index (χ1v) is 5.35.